The van der Waals surface area contributed by atoms with Crippen molar-refractivity contribution >= 4 is 11.9 Å². The highest BCUT2D eigenvalue weighted by Gasteiger charge is 2.16. The summed E-state index contributed by atoms with van der Waals surface area (Å²) in [5.41, 5.74) is 2.47. The lowest BCUT2D eigenvalue weighted by Crippen LogP contribution is -2.23. The minimum atomic E-state index is -2.94. The summed E-state index contributed by atoms with van der Waals surface area (Å²) in [6.45, 7) is 0.834. The Kier molecular flexibility index (Phi) is 6.96. The van der Waals surface area contributed by atoms with Gasteiger partial charge in [-0.3, -0.25) is 4.79 Å². The molecule has 0 aliphatic rings. The van der Waals surface area contributed by atoms with E-state index < -0.39 is 12.6 Å². The van der Waals surface area contributed by atoms with Gasteiger partial charge in [0, 0.05) is 17.7 Å². The van der Waals surface area contributed by atoms with Crippen LogP contribution in [0.15, 0.2) is 54.7 Å². The van der Waals surface area contributed by atoms with Crippen molar-refractivity contribution in [1.29, 1.82) is 0 Å². The lowest BCUT2D eigenvalue weighted by Gasteiger charge is -2.12. The number of halogens is 2. The first-order valence-corrected chi connectivity index (χ1v) is 9.53. The number of para-hydroxylation sites is 1. The van der Waals surface area contributed by atoms with Crippen molar-refractivity contribution in [3.8, 4) is 11.4 Å². The molecule has 0 spiro atoms. The summed E-state index contributed by atoms with van der Waals surface area (Å²) >= 11 is 0. The second-order valence-electron chi connectivity index (χ2n) is 6.49. The first-order chi connectivity index (χ1) is 14.9. The zero-order chi connectivity index (χ0) is 22.4. The monoisotopic (exact) mass is 429 g/mol. The van der Waals surface area contributed by atoms with Crippen LogP contribution in [0.2, 0.25) is 0 Å². The molecule has 0 fully saturated rings. The summed E-state index contributed by atoms with van der Waals surface area (Å²) in [7, 11) is 0. The Bertz CT molecular complexity index is 1060. The lowest BCUT2D eigenvalue weighted by atomic mass is 10.1. The average molecular weight is 429 g/mol. The van der Waals surface area contributed by atoms with Crippen LogP contribution in [0.5, 0.6) is 5.75 Å². The largest absolute Gasteiger partial charge is 0.462 e. The molecule has 9 heteroatoms. The van der Waals surface area contributed by atoms with Gasteiger partial charge < -0.3 is 14.8 Å². The number of carbonyl (C=O) groups excluding carboxylic acids is 2. The van der Waals surface area contributed by atoms with Crippen molar-refractivity contribution in [3.63, 3.8) is 0 Å². The van der Waals surface area contributed by atoms with E-state index in [9.17, 15) is 18.4 Å². The molecule has 31 heavy (non-hydrogen) atoms. The summed E-state index contributed by atoms with van der Waals surface area (Å²) in [5.74, 6) is -0.805. The van der Waals surface area contributed by atoms with E-state index in [4.69, 9.17) is 4.74 Å². The summed E-state index contributed by atoms with van der Waals surface area (Å²) in [6, 6.07) is 12.9. The van der Waals surface area contributed by atoms with Gasteiger partial charge in [-0.25, -0.2) is 9.48 Å². The van der Waals surface area contributed by atoms with Gasteiger partial charge in [0.1, 0.15) is 11.3 Å². The number of rotatable bonds is 8. The van der Waals surface area contributed by atoms with Gasteiger partial charge in [-0.1, -0.05) is 18.2 Å². The maximum atomic E-state index is 12.5. The third-order valence-corrected chi connectivity index (χ3v) is 4.51. The molecule has 0 bridgehead atoms. The molecule has 1 amide bonds. The molecule has 3 aromatic rings. The Hall–Kier alpha value is -3.75. The predicted octanol–water partition coefficient (Wildman–Crippen LogP) is 3.89. The molecule has 0 atom stereocenters. The second-order valence-corrected chi connectivity index (χ2v) is 6.49. The Morgan fingerprint density at radius 1 is 1.13 bits per heavy atom. The number of nitrogens with zero attached hydrogens (tertiary/aromatic N) is 2. The van der Waals surface area contributed by atoms with Crippen molar-refractivity contribution in [2.24, 2.45) is 0 Å². The van der Waals surface area contributed by atoms with Crippen LogP contribution in [0.1, 0.15) is 38.9 Å². The molecule has 0 aliphatic heterocycles. The summed E-state index contributed by atoms with van der Waals surface area (Å²) in [6.07, 6.45) is 1.44. The standard InChI is InChI=1S/C22H21F2N3O4/c1-3-30-21(29)18-13-26-27(14(18)2)17-10-8-15(9-11-17)20(28)25-12-16-6-4-5-7-19(16)31-22(23)24/h4-11,13,22H,3,12H2,1-2H3,(H,25,28). The maximum absolute atomic E-state index is 12.5. The summed E-state index contributed by atoms with van der Waals surface area (Å²) < 4.78 is 36.1. The van der Waals surface area contributed by atoms with E-state index in [1.165, 1.54) is 12.3 Å². The first kappa shape index (κ1) is 21.9. The van der Waals surface area contributed by atoms with Crippen LogP contribution in [0.25, 0.3) is 5.69 Å². The van der Waals surface area contributed by atoms with Gasteiger partial charge >= 0.3 is 12.6 Å². The number of alkyl halides is 2. The van der Waals surface area contributed by atoms with E-state index in [2.05, 4.69) is 15.2 Å². The molecule has 7 nitrogen and oxygen atoms in total. The number of hydrogen-bond donors (Lipinski definition) is 1. The van der Waals surface area contributed by atoms with E-state index in [1.54, 1.807) is 61.0 Å². The van der Waals surface area contributed by atoms with Gasteiger partial charge in [0.25, 0.3) is 5.91 Å². The molecular formula is C22H21F2N3O4. The van der Waals surface area contributed by atoms with Gasteiger partial charge in [0.15, 0.2) is 0 Å². The van der Waals surface area contributed by atoms with Crippen LogP contribution in [0.4, 0.5) is 8.78 Å². The van der Waals surface area contributed by atoms with Crippen molar-refractivity contribution in [2.45, 2.75) is 27.0 Å². The fourth-order valence-corrected chi connectivity index (χ4v) is 2.97. The molecular weight excluding hydrogens is 408 g/mol. The number of benzene rings is 2. The van der Waals surface area contributed by atoms with Crippen LogP contribution in [0, 0.1) is 6.92 Å². The molecule has 0 unspecified atom stereocenters. The normalized spacial score (nSPS) is 10.7. The van der Waals surface area contributed by atoms with E-state index in [0.29, 0.717) is 28.1 Å². The Labute approximate surface area is 177 Å². The molecule has 1 heterocycles. The highest BCUT2D eigenvalue weighted by atomic mass is 19.3. The van der Waals surface area contributed by atoms with Crippen molar-refractivity contribution in [2.75, 3.05) is 6.61 Å². The maximum Gasteiger partial charge on any atom is 0.387 e. The number of ether oxygens (including phenoxy) is 2. The minimum absolute atomic E-state index is 0.0136. The van der Waals surface area contributed by atoms with Crippen LogP contribution < -0.4 is 10.1 Å². The zero-order valence-electron chi connectivity index (χ0n) is 17.0. The Balaban J connectivity index is 1.68. The number of aromatic nitrogens is 2. The molecule has 0 saturated carbocycles. The van der Waals surface area contributed by atoms with Gasteiger partial charge in [-0.2, -0.15) is 13.9 Å². The molecule has 0 radical (unpaired) electrons. The van der Waals surface area contributed by atoms with E-state index in [-0.39, 0.29) is 24.8 Å². The Morgan fingerprint density at radius 3 is 2.52 bits per heavy atom. The highest BCUT2D eigenvalue weighted by molar-refractivity contribution is 5.94. The minimum Gasteiger partial charge on any atom is -0.462 e. The number of esters is 1. The van der Waals surface area contributed by atoms with E-state index >= 15 is 0 Å². The number of hydrogen-bond acceptors (Lipinski definition) is 5. The molecule has 1 N–H and O–H groups in total. The fourth-order valence-electron chi connectivity index (χ4n) is 2.97. The predicted molar refractivity (Wildman–Crippen MR) is 109 cm³/mol. The van der Waals surface area contributed by atoms with Gasteiger partial charge in [0.05, 0.1) is 24.2 Å². The third kappa shape index (κ3) is 5.25. The van der Waals surface area contributed by atoms with Crippen molar-refractivity contribution in [3.05, 3.63) is 77.1 Å². The SMILES string of the molecule is CCOC(=O)c1cnn(-c2ccc(C(=O)NCc3ccccc3OC(F)F)cc2)c1C. The number of nitrogens with one attached hydrogen (secondary N) is 1. The number of amides is 1. The second kappa shape index (κ2) is 9.84. The van der Waals surface area contributed by atoms with Gasteiger partial charge in [-0.15, -0.1) is 0 Å². The quantitative estimate of drug-likeness (QED) is 0.550. The topological polar surface area (TPSA) is 82.5 Å². The van der Waals surface area contributed by atoms with Crippen LogP contribution >= 0.6 is 0 Å². The molecule has 0 saturated heterocycles. The summed E-state index contributed by atoms with van der Waals surface area (Å²) in [4.78, 5) is 24.4. The molecule has 162 valence electrons. The first-order valence-electron chi connectivity index (χ1n) is 9.53. The van der Waals surface area contributed by atoms with Crippen LogP contribution in [-0.2, 0) is 11.3 Å². The average Bonchev–Trinajstić information content (AvgIpc) is 3.14. The molecule has 0 aliphatic carbocycles. The summed E-state index contributed by atoms with van der Waals surface area (Å²) in [5, 5.41) is 6.90. The van der Waals surface area contributed by atoms with E-state index in [0.717, 1.165) is 0 Å². The van der Waals surface area contributed by atoms with Gasteiger partial charge in [-0.05, 0) is 44.2 Å². The lowest BCUT2D eigenvalue weighted by molar-refractivity contribution is -0.0504. The third-order valence-electron chi connectivity index (χ3n) is 4.51. The van der Waals surface area contributed by atoms with E-state index in [1.807, 2.05) is 0 Å². The molecule has 2 aromatic carbocycles. The van der Waals surface area contributed by atoms with Gasteiger partial charge in [0.2, 0.25) is 0 Å². The molecule has 3 rings (SSSR count). The van der Waals surface area contributed by atoms with Crippen LogP contribution in [-0.4, -0.2) is 34.9 Å². The Morgan fingerprint density at radius 2 is 1.84 bits per heavy atom. The fraction of sp³-hybridized carbons (Fsp3) is 0.227. The van der Waals surface area contributed by atoms with Crippen molar-refractivity contribution < 1.29 is 27.8 Å². The molecule has 1 aromatic heterocycles. The van der Waals surface area contributed by atoms with Crippen molar-refractivity contribution in [1.82, 2.24) is 15.1 Å². The zero-order valence-corrected chi connectivity index (χ0v) is 17.0. The smallest absolute Gasteiger partial charge is 0.387 e. The highest BCUT2D eigenvalue weighted by Crippen LogP contribution is 2.20. The number of carbonyl (C=O) groups is 2. The van der Waals surface area contributed by atoms with Crippen LogP contribution in [0.3, 0.4) is 0 Å².